The molecule has 4 heteroatoms. The number of halogens is 1. The highest BCUT2D eigenvalue weighted by atomic mass is 35.5. The minimum absolute atomic E-state index is 0.0751. The topological polar surface area (TPSA) is 33.2 Å². The Bertz CT molecular complexity index is 356. The third-order valence-corrected chi connectivity index (χ3v) is 3.09. The number of carbonyl (C=O) groups excluding carboxylic acids is 1. The SMILES string of the molecule is O=C(c1ccc(Cl)nc1)N1CCCCCC1. The zero-order chi connectivity index (χ0) is 11.4. The van der Waals surface area contributed by atoms with Crippen molar-refractivity contribution in [1.82, 2.24) is 9.88 Å². The first-order chi connectivity index (χ1) is 7.77. The van der Waals surface area contributed by atoms with Crippen LogP contribution in [-0.2, 0) is 0 Å². The minimum atomic E-state index is 0.0751. The summed E-state index contributed by atoms with van der Waals surface area (Å²) in [6.07, 6.45) is 6.21. The number of aromatic nitrogens is 1. The van der Waals surface area contributed by atoms with E-state index in [9.17, 15) is 4.79 Å². The van der Waals surface area contributed by atoms with Crippen LogP contribution >= 0.6 is 11.6 Å². The Morgan fingerprint density at radius 3 is 2.44 bits per heavy atom. The highest BCUT2D eigenvalue weighted by Gasteiger charge is 2.17. The number of carbonyl (C=O) groups is 1. The molecular weight excluding hydrogens is 224 g/mol. The molecule has 1 amide bonds. The summed E-state index contributed by atoms with van der Waals surface area (Å²) in [5, 5.41) is 0.424. The monoisotopic (exact) mass is 238 g/mol. The molecule has 1 aromatic rings. The van der Waals surface area contributed by atoms with Gasteiger partial charge >= 0.3 is 0 Å². The zero-order valence-corrected chi connectivity index (χ0v) is 9.91. The third-order valence-electron chi connectivity index (χ3n) is 2.87. The second kappa shape index (κ2) is 5.30. The van der Waals surface area contributed by atoms with Crippen LogP contribution in [0.25, 0.3) is 0 Å². The Morgan fingerprint density at radius 1 is 1.19 bits per heavy atom. The Kier molecular flexibility index (Phi) is 3.78. The van der Waals surface area contributed by atoms with Crippen LogP contribution in [0.1, 0.15) is 36.0 Å². The number of likely N-dealkylation sites (tertiary alicyclic amines) is 1. The van der Waals surface area contributed by atoms with Crippen LogP contribution in [0.15, 0.2) is 18.3 Å². The van der Waals surface area contributed by atoms with E-state index in [2.05, 4.69) is 4.98 Å². The van der Waals surface area contributed by atoms with Gasteiger partial charge in [-0.1, -0.05) is 24.4 Å². The lowest BCUT2D eigenvalue weighted by atomic mass is 10.2. The molecule has 3 nitrogen and oxygen atoms in total. The largest absolute Gasteiger partial charge is 0.339 e. The van der Waals surface area contributed by atoms with Crippen molar-refractivity contribution in [3.63, 3.8) is 0 Å². The molecule has 0 radical (unpaired) electrons. The van der Waals surface area contributed by atoms with E-state index in [0.29, 0.717) is 10.7 Å². The minimum Gasteiger partial charge on any atom is -0.339 e. The van der Waals surface area contributed by atoms with E-state index < -0.39 is 0 Å². The molecule has 0 N–H and O–H groups in total. The van der Waals surface area contributed by atoms with E-state index in [1.54, 1.807) is 18.3 Å². The Balaban J connectivity index is 2.08. The second-order valence-corrected chi connectivity index (χ2v) is 4.46. The van der Waals surface area contributed by atoms with Crippen LogP contribution in [0.2, 0.25) is 5.15 Å². The number of hydrogen-bond acceptors (Lipinski definition) is 2. The van der Waals surface area contributed by atoms with Crippen LogP contribution < -0.4 is 0 Å². The first-order valence-electron chi connectivity index (χ1n) is 5.68. The van der Waals surface area contributed by atoms with Gasteiger partial charge in [-0.15, -0.1) is 0 Å². The van der Waals surface area contributed by atoms with Gasteiger partial charge in [-0.3, -0.25) is 4.79 Å². The van der Waals surface area contributed by atoms with E-state index in [4.69, 9.17) is 11.6 Å². The van der Waals surface area contributed by atoms with Crippen molar-refractivity contribution in [2.24, 2.45) is 0 Å². The summed E-state index contributed by atoms with van der Waals surface area (Å²) in [5.41, 5.74) is 0.631. The Morgan fingerprint density at radius 2 is 1.88 bits per heavy atom. The summed E-state index contributed by atoms with van der Waals surface area (Å²) in [6.45, 7) is 1.73. The van der Waals surface area contributed by atoms with Gasteiger partial charge in [-0.25, -0.2) is 4.98 Å². The molecule has 16 heavy (non-hydrogen) atoms. The molecule has 1 fully saturated rings. The molecule has 86 valence electrons. The molecule has 2 heterocycles. The second-order valence-electron chi connectivity index (χ2n) is 4.08. The molecular formula is C12H15ClN2O. The number of rotatable bonds is 1. The van der Waals surface area contributed by atoms with Gasteiger partial charge in [-0.2, -0.15) is 0 Å². The highest BCUT2D eigenvalue weighted by Crippen LogP contribution is 2.13. The summed E-state index contributed by atoms with van der Waals surface area (Å²) in [4.78, 5) is 18.0. The van der Waals surface area contributed by atoms with E-state index in [0.717, 1.165) is 25.9 Å². The maximum Gasteiger partial charge on any atom is 0.255 e. The van der Waals surface area contributed by atoms with E-state index in [1.807, 2.05) is 4.90 Å². The van der Waals surface area contributed by atoms with Gasteiger partial charge in [0.1, 0.15) is 5.15 Å². The van der Waals surface area contributed by atoms with Crippen LogP contribution in [-0.4, -0.2) is 28.9 Å². The maximum absolute atomic E-state index is 12.1. The molecule has 0 spiro atoms. The normalized spacial score (nSPS) is 16.9. The van der Waals surface area contributed by atoms with Crippen LogP contribution in [0.4, 0.5) is 0 Å². The molecule has 0 aromatic carbocycles. The first-order valence-corrected chi connectivity index (χ1v) is 6.06. The summed E-state index contributed by atoms with van der Waals surface area (Å²) >= 11 is 5.69. The number of pyridine rings is 1. The predicted octanol–water partition coefficient (Wildman–Crippen LogP) is 2.75. The van der Waals surface area contributed by atoms with Gasteiger partial charge in [0, 0.05) is 19.3 Å². The van der Waals surface area contributed by atoms with Crippen molar-refractivity contribution >= 4 is 17.5 Å². The lowest BCUT2D eigenvalue weighted by Gasteiger charge is -2.19. The summed E-state index contributed by atoms with van der Waals surface area (Å²) in [7, 11) is 0. The predicted molar refractivity (Wildman–Crippen MR) is 63.6 cm³/mol. The van der Waals surface area contributed by atoms with E-state index in [-0.39, 0.29) is 5.91 Å². The average molecular weight is 239 g/mol. The van der Waals surface area contributed by atoms with Gasteiger partial charge in [0.05, 0.1) is 5.56 Å². The molecule has 0 atom stereocenters. The van der Waals surface area contributed by atoms with Crippen molar-refractivity contribution in [2.75, 3.05) is 13.1 Å². The molecule has 2 rings (SSSR count). The molecule has 0 saturated carbocycles. The molecule has 0 aliphatic carbocycles. The van der Waals surface area contributed by atoms with Crippen molar-refractivity contribution in [3.05, 3.63) is 29.0 Å². The van der Waals surface area contributed by atoms with Gasteiger partial charge in [0.15, 0.2) is 0 Å². The molecule has 1 aromatic heterocycles. The standard InChI is InChI=1S/C12H15ClN2O/c13-11-6-5-10(9-14-11)12(16)15-7-3-1-2-4-8-15/h5-6,9H,1-4,7-8H2. The van der Waals surface area contributed by atoms with Crippen LogP contribution in [0.3, 0.4) is 0 Å². The molecule has 1 saturated heterocycles. The molecule has 1 aliphatic rings. The average Bonchev–Trinajstić information content (AvgIpc) is 2.57. The summed E-state index contributed by atoms with van der Waals surface area (Å²) in [6, 6.07) is 3.40. The van der Waals surface area contributed by atoms with Crippen molar-refractivity contribution in [2.45, 2.75) is 25.7 Å². The van der Waals surface area contributed by atoms with Crippen LogP contribution in [0, 0.1) is 0 Å². The molecule has 0 bridgehead atoms. The van der Waals surface area contributed by atoms with Crippen molar-refractivity contribution in [1.29, 1.82) is 0 Å². The summed E-state index contributed by atoms with van der Waals surface area (Å²) < 4.78 is 0. The highest BCUT2D eigenvalue weighted by molar-refractivity contribution is 6.29. The summed E-state index contributed by atoms with van der Waals surface area (Å²) in [5.74, 6) is 0.0751. The fourth-order valence-corrected chi connectivity index (χ4v) is 2.07. The van der Waals surface area contributed by atoms with Crippen molar-refractivity contribution < 1.29 is 4.79 Å². The molecule has 0 unspecified atom stereocenters. The number of nitrogens with zero attached hydrogens (tertiary/aromatic N) is 2. The van der Waals surface area contributed by atoms with Gasteiger partial charge in [0.2, 0.25) is 0 Å². The first kappa shape index (κ1) is 11.4. The number of hydrogen-bond donors (Lipinski definition) is 0. The Hall–Kier alpha value is -1.09. The number of amides is 1. The fraction of sp³-hybridized carbons (Fsp3) is 0.500. The van der Waals surface area contributed by atoms with E-state index in [1.165, 1.54) is 12.8 Å². The lowest BCUT2D eigenvalue weighted by Crippen LogP contribution is -2.31. The van der Waals surface area contributed by atoms with Crippen molar-refractivity contribution in [3.8, 4) is 0 Å². The van der Waals surface area contributed by atoms with Gasteiger partial charge in [0.25, 0.3) is 5.91 Å². The van der Waals surface area contributed by atoms with E-state index >= 15 is 0 Å². The lowest BCUT2D eigenvalue weighted by molar-refractivity contribution is 0.0761. The molecule has 1 aliphatic heterocycles. The smallest absolute Gasteiger partial charge is 0.255 e. The quantitative estimate of drug-likeness (QED) is 0.705. The van der Waals surface area contributed by atoms with Gasteiger partial charge in [-0.05, 0) is 25.0 Å². The van der Waals surface area contributed by atoms with Crippen LogP contribution in [0.5, 0.6) is 0 Å². The Labute approximate surface area is 100 Å². The fourth-order valence-electron chi connectivity index (χ4n) is 1.96. The third kappa shape index (κ3) is 2.73. The maximum atomic E-state index is 12.1. The van der Waals surface area contributed by atoms with Gasteiger partial charge < -0.3 is 4.90 Å². The zero-order valence-electron chi connectivity index (χ0n) is 9.16.